The molecule has 0 spiro atoms. The minimum atomic E-state index is -0.128. The van der Waals surface area contributed by atoms with E-state index in [0.29, 0.717) is 17.8 Å². The zero-order valence-electron chi connectivity index (χ0n) is 16.6. The van der Waals surface area contributed by atoms with Crippen LogP contribution in [0.3, 0.4) is 0 Å². The highest BCUT2D eigenvalue weighted by Gasteiger charge is 2.60. The highest BCUT2D eigenvalue weighted by atomic mass is 16.5. The Kier molecular flexibility index (Phi) is 4.24. The maximum Gasteiger partial charge on any atom is 0.302 e. The number of carbonyl (C=O) groups excluding carboxylic acids is 1. The van der Waals surface area contributed by atoms with E-state index in [4.69, 9.17) is 4.74 Å². The maximum absolute atomic E-state index is 11.6. The quantitative estimate of drug-likeness (QED) is 0.409. The van der Waals surface area contributed by atoms with Crippen LogP contribution in [0, 0.1) is 34.5 Å². The number of rotatable bonds is 1. The number of esters is 1. The van der Waals surface area contributed by atoms with Crippen molar-refractivity contribution in [3.63, 3.8) is 0 Å². The Hall–Kier alpha value is -1.32. The molecule has 0 amide bonds. The zero-order chi connectivity index (χ0) is 18.7. The molecule has 26 heavy (non-hydrogen) atoms. The summed E-state index contributed by atoms with van der Waals surface area (Å²) in [6, 6.07) is 0. The summed E-state index contributed by atoms with van der Waals surface area (Å²) in [6.45, 7) is 8.74. The molecule has 4 rings (SSSR count). The molecule has 2 unspecified atom stereocenters. The molecular formula is C22H33NO3. The van der Waals surface area contributed by atoms with E-state index in [1.807, 2.05) is 0 Å². The summed E-state index contributed by atoms with van der Waals surface area (Å²) in [6.07, 6.45) is 10.1. The van der Waals surface area contributed by atoms with Crippen molar-refractivity contribution >= 4 is 11.7 Å². The second-order valence-corrected chi connectivity index (χ2v) is 9.84. The van der Waals surface area contributed by atoms with Crippen LogP contribution in [0.4, 0.5) is 0 Å². The third kappa shape index (κ3) is 2.47. The van der Waals surface area contributed by atoms with Gasteiger partial charge >= 0.3 is 5.97 Å². The van der Waals surface area contributed by atoms with E-state index >= 15 is 0 Å². The fraction of sp³-hybridized carbons (Fsp3) is 0.818. The molecule has 0 aromatic carbocycles. The molecule has 3 saturated carbocycles. The fourth-order valence-corrected chi connectivity index (χ4v) is 7.42. The molecule has 0 radical (unpaired) electrons. The first-order chi connectivity index (χ1) is 12.3. The number of ether oxygens (including phenoxy) is 1. The topological polar surface area (TPSA) is 58.9 Å². The number of oxime groups is 1. The number of nitrogens with zero attached hydrogens (tertiary/aromatic N) is 1. The molecule has 4 heteroatoms. The van der Waals surface area contributed by atoms with Gasteiger partial charge in [0, 0.05) is 12.3 Å². The maximum atomic E-state index is 11.6. The van der Waals surface area contributed by atoms with Crippen LogP contribution in [0.5, 0.6) is 0 Å². The molecule has 3 fully saturated rings. The average Bonchev–Trinajstić information content (AvgIpc) is 2.91. The molecule has 0 saturated heterocycles. The van der Waals surface area contributed by atoms with Crippen molar-refractivity contribution in [3.8, 4) is 0 Å². The fourth-order valence-electron chi connectivity index (χ4n) is 7.42. The molecule has 7 atom stereocenters. The van der Waals surface area contributed by atoms with Gasteiger partial charge in [-0.2, -0.15) is 0 Å². The van der Waals surface area contributed by atoms with E-state index in [9.17, 15) is 10.0 Å². The van der Waals surface area contributed by atoms with Gasteiger partial charge in [0.1, 0.15) is 6.10 Å². The molecule has 4 aliphatic carbocycles. The van der Waals surface area contributed by atoms with Crippen molar-refractivity contribution < 1.29 is 14.7 Å². The van der Waals surface area contributed by atoms with Gasteiger partial charge in [0.05, 0.1) is 5.71 Å². The highest BCUT2D eigenvalue weighted by molar-refractivity contribution is 5.96. The standard InChI is InChI=1S/C22H33NO3/c1-13-11-16-17-5-6-20(26-14(2)24)22(17,4)10-8-18(16)21(3)9-7-15(23-25)12-19(13)21/h12-13,16-18,20,25H,5-11H2,1-4H3/b23-15+/t13?,16-,17-,18-,20?,21+,22-/m0/s1. The van der Waals surface area contributed by atoms with Crippen LogP contribution in [0.2, 0.25) is 0 Å². The third-order valence-corrected chi connectivity index (χ3v) is 8.64. The summed E-state index contributed by atoms with van der Waals surface area (Å²) in [5, 5.41) is 12.7. The van der Waals surface area contributed by atoms with Gasteiger partial charge in [-0.3, -0.25) is 4.79 Å². The predicted molar refractivity (Wildman–Crippen MR) is 101 cm³/mol. The molecule has 0 aromatic rings. The lowest BCUT2D eigenvalue weighted by Crippen LogP contribution is -2.53. The number of fused-ring (bicyclic) bond motifs is 5. The van der Waals surface area contributed by atoms with E-state index in [-0.39, 0.29) is 22.9 Å². The molecule has 144 valence electrons. The Morgan fingerprint density at radius 1 is 1.23 bits per heavy atom. The van der Waals surface area contributed by atoms with Crippen LogP contribution in [0.1, 0.15) is 72.6 Å². The van der Waals surface area contributed by atoms with Gasteiger partial charge in [-0.05, 0) is 80.1 Å². The molecular weight excluding hydrogens is 326 g/mol. The molecule has 0 heterocycles. The van der Waals surface area contributed by atoms with Crippen molar-refractivity contribution in [2.24, 2.45) is 39.7 Å². The predicted octanol–water partition coefficient (Wildman–Crippen LogP) is 4.96. The molecule has 4 aliphatic rings. The first-order valence-electron chi connectivity index (χ1n) is 10.4. The van der Waals surface area contributed by atoms with E-state index in [1.165, 1.54) is 24.8 Å². The second-order valence-electron chi connectivity index (χ2n) is 9.84. The number of carbonyl (C=O) groups is 1. The van der Waals surface area contributed by atoms with Crippen LogP contribution in [-0.4, -0.2) is 23.0 Å². The van der Waals surface area contributed by atoms with Crippen LogP contribution in [0.25, 0.3) is 0 Å². The first kappa shape index (κ1) is 18.1. The van der Waals surface area contributed by atoms with Crippen LogP contribution >= 0.6 is 0 Å². The molecule has 0 aromatic heterocycles. The second kappa shape index (κ2) is 6.10. The number of hydrogen-bond acceptors (Lipinski definition) is 4. The SMILES string of the molecule is CC(=O)OC1CC[C@H]2[C@@H]3CC(C)C4=C/C(=N/O)CC[C@]4(C)[C@H]3CC[C@]12C. The summed E-state index contributed by atoms with van der Waals surface area (Å²) >= 11 is 0. The zero-order valence-corrected chi connectivity index (χ0v) is 16.6. The third-order valence-electron chi connectivity index (χ3n) is 8.64. The molecule has 0 bridgehead atoms. The smallest absolute Gasteiger partial charge is 0.302 e. The van der Waals surface area contributed by atoms with Crippen LogP contribution < -0.4 is 0 Å². The minimum absolute atomic E-state index is 0.102. The summed E-state index contributed by atoms with van der Waals surface area (Å²) in [5.41, 5.74) is 2.74. The number of hydrogen-bond donors (Lipinski definition) is 1. The molecule has 1 N–H and O–H groups in total. The monoisotopic (exact) mass is 359 g/mol. The average molecular weight is 360 g/mol. The van der Waals surface area contributed by atoms with Crippen molar-refractivity contribution in [1.29, 1.82) is 0 Å². The lowest BCUT2D eigenvalue weighted by atomic mass is 9.45. The summed E-state index contributed by atoms with van der Waals surface area (Å²) in [4.78, 5) is 11.6. The lowest BCUT2D eigenvalue weighted by molar-refractivity contribution is -0.157. The minimum Gasteiger partial charge on any atom is -0.462 e. The van der Waals surface area contributed by atoms with Crippen molar-refractivity contribution in [2.75, 3.05) is 0 Å². The first-order valence-corrected chi connectivity index (χ1v) is 10.4. The van der Waals surface area contributed by atoms with Crippen LogP contribution in [0.15, 0.2) is 16.8 Å². The largest absolute Gasteiger partial charge is 0.462 e. The highest BCUT2D eigenvalue weighted by Crippen LogP contribution is 2.66. The normalized spacial score (nSPS) is 49.0. The Morgan fingerprint density at radius 3 is 2.69 bits per heavy atom. The van der Waals surface area contributed by atoms with Crippen molar-refractivity contribution in [1.82, 2.24) is 0 Å². The van der Waals surface area contributed by atoms with Gasteiger partial charge < -0.3 is 9.94 Å². The Labute approximate surface area is 157 Å². The van der Waals surface area contributed by atoms with Gasteiger partial charge in [0.25, 0.3) is 0 Å². The number of allylic oxidation sites excluding steroid dienone is 2. The van der Waals surface area contributed by atoms with Gasteiger partial charge in [0.2, 0.25) is 0 Å². The van der Waals surface area contributed by atoms with Gasteiger partial charge in [0.15, 0.2) is 0 Å². The van der Waals surface area contributed by atoms with E-state index < -0.39 is 0 Å². The summed E-state index contributed by atoms with van der Waals surface area (Å²) < 4.78 is 5.76. The molecule has 4 nitrogen and oxygen atoms in total. The molecule has 0 aliphatic heterocycles. The summed E-state index contributed by atoms with van der Waals surface area (Å²) in [5.74, 6) is 2.50. The van der Waals surface area contributed by atoms with E-state index in [0.717, 1.165) is 37.3 Å². The summed E-state index contributed by atoms with van der Waals surface area (Å²) in [7, 11) is 0. The van der Waals surface area contributed by atoms with Crippen molar-refractivity contribution in [2.45, 2.75) is 78.7 Å². The van der Waals surface area contributed by atoms with Gasteiger partial charge in [-0.15, -0.1) is 0 Å². The van der Waals surface area contributed by atoms with E-state index in [2.05, 4.69) is 32.0 Å². The van der Waals surface area contributed by atoms with Gasteiger partial charge in [-0.1, -0.05) is 31.5 Å². The van der Waals surface area contributed by atoms with E-state index in [1.54, 1.807) is 6.92 Å². The Bertz CT molecular complexity index is 668. The van der Waals surface area contributed by atoms with Crippen molar-refractivity contribution in [3.05, 3.63) is 11.6 Å². The lowest BCUT2D eigenvalue weighted by Gasteiger charge is -2.59. The van der Waals surface area contributed by atoms with Crippen LogP contribution in [-0.2, 0) is 9.53 Å². The Balaban J connectivity index is 1.66. The van der Waals surface area contributed by atoms with Gasteiger partial charge in [-0.25, -0.2) is 0 Å². The Morgan fingerprint density at radius 2 is 2.00 bits per heavy atom.